The molecule has 0 saturated heterocycles. The summed E-state index contributed by atoms with van der Waals surface area (Å²) in [6.07, 6.45) is 8.13. The fourth-order valence-electron chi connectivity index (χ4n) is 2.17. The molecule has 0 aliphatic heterocycles. The Labute approximate surface area is 122 Å². The third-order valence-corrected chi connectivity index (χ3v) is 4.75. The first-order valence-electron chi connectivity index (χ1n) is 7.56. The molecule has 4 heteroatoms. The predicted molar refractivity (Wildman–Crippen MR) is 82.7 cm³/mol. The minimum Gasteiger partial charge on any atom is -0.468 e. The summed E-state index contributed by atoms with van der Waals surface area (Å²) in [6.45, 7) is 4.22. The number of rotatable bonds is 11. The van der Waals surface area contributed by atoms with E-state index in [0.29, 0.717) is 6.04 Å². The average Bonchev–Trinajstić information content (AvgIpc) is 3.20. The third-order valence-electron chi connectivity index (χ3n) is 3.59. The minimum atomic E-state index is -0.482. The van der Waals surface area contributed by atoms with Gasteiger partial charge in [0.15, 0.2) is 0 Å². The van der Waals surface area contributed by atoms with E-state index in [1.807, 2.05) is 18.7 Å². The number of nitrogens with one attached hydrogen (secondary N) is 1. The number of unbranched alkanes of at least 4 members (excludes halogenated alkanes) is 2. The summed E-state index contributed by atoms with van der Waals surface area (Å²) in [7, 11) is 1.48. The average molecular weight is 287 g/mol. The number of carbonyl (C=O) groups is 1. The first-order chi connectivity index (χ1) is 9.12. The van der Waals surface area contributed by atoms with E-state index >= 15 is 0 Å². The number of carbonyl (C=O) groups excluding carboxylic acids is 1. The molecule has 0 aromatic rings. The van der Waals surface area contributed by atoms with E-state index in [2.05, 4.69) is 12.2 Å². The lowest BCUT2D eigenvalue weighted by molar-refractivity contribution is -0.148. The molecule has 1 aliphatic carbocycles. The van der Waals surface area contributed by atoms with E-state index in [1.165, 1.54) is 50.7 Å². The van der Waals surface area contributed by atoms with Crippen molar-refractivity contribution in [3.8, 4) is 0 Å². The van der Waals surface area contributed by atoms with Gasteiger partial charge >= 0.3 is 5.97 Å². The molecule has 0 bridgehead atoms. The summed E-state index contributed by atoms with van der Waals surface area (Å²) >= 11 is 2.03. The van der Waals surface area contributed by atoms with Crippen LogP contribution >= 0.6 is 11.8 Å². The number of methoxy groups -OCH3 is 1. The smallest absolute Gasteiger partial charge is 0.325 e. The Hall–Kier alpha value is -0.220. The minimum absolute atomic E-state index is 0.113. The largest absolute Gasteiger partial charge is 0.468 e. The van der Waals surface area contributed by atoms with Crippen molar-refractivity contribution in [1.29, 1.82) is 0 Å². The molecule has 0 aromatic carbocycles. The molecule has 0 amide bonds. The van der Waals surface area contributed by atoms with Gasteiger partial charge in [0.2, 0.25) is 0 Å². The molecule has 112 valence electrons. The maximum Gasteiger partial charge on any atom is 0.325 e. The van der Waals surface area contributed by atoms with E-state index in [1.54, 1.807) is 0 Å². The first-order valence-corrected chi connectivity index (χ1v) is 8.71. The molecule has 0 aromatic heterocycles. The Bertz CT molecular complexity index is 269. The highest BCUT2D eigenvalue weighted by atomic mass is 32.2. The molecule has 1 fully saturated rings. The van der Waals surface area contributed by atoms with Crippen molar-refractivity contribution in [3.63, 3.8) is 0 Å². The second-order valence-corrected chi connectivity index (χ2v) is 6.89. The van der Waals surface area contributed by atoms with Crippen LogP contribution in [0.2, 0.25) is 0 Å². The summed E-state index contributed by atoms with van der Waals surface area (Å²) in [5.41, 5.74) is -0.482. The normalized spacial score (nSPS) is 18.1. The molecule has 3 nitrogen and oxygen atoms in total. The quantitative estimate of drug-likeness (QED) is 0.467. The molecule has 0 radical (unpaired) electrons. The lowest BCUT2D eigenvalue weighted by Gasteiger charge is -2.28. The van der Waals surface area contributed by atoms with Crippen LogP contribution in [0.1, 0.15) is 58.8 Å². The van der Waals surface area contributed by atoms with Crippen molar-refractivity contribution in [2.24, 2.45) is 0 Å². The van der Waals surface area contributed by atoms with Gasteiger partial charge in [0.05, 0.1) is 7.11 Å². The lowest BCUT2D eigenvalue weighted by atomic mass is 9.95. The van der Waals surface area contributed by atoms with E-state index in [4.69, 9.17) is 4.74 Å². The number of ether oxygens (including phenoxy) is 1. The number of esters is 1. The Balaban J connectivity index is 2.19. The van der Waals surface area contributed by atoms with Gasteiger partial charge in [-0.2, -0.15) is 11.8 Å². The van der Waals surface area contributed by atoms with Crippen molar-refractivity contribution in [3.05, 3.63) is 0 Å². The van der Waals surface area contributed by atoms with Crippen LogP contribution in [0.3, 0.4) is 0 Å². The molecule has 1 unspecified atom stereocenters. The van der Waals surface area contributed by atoms with Crippen LogP contribution in [-0.4, -0.2) is 36.2 Å². The second kappa shape index (κ2) is 8.85. The summed E-state index contributed by atoms with van der Waals surface area (Å²) in [6, 6.07) is 0.531. The van der Waals surface area contributed by atoms with Gasteiger partial charge in [0.1, 0.15) is 5.54 Å². The first kappa shape index (κ1) is 16.8. The molecule has 1 rings (SSSR count). The zero-order chi connectivity index (χ0) is 14.1. The molecule has 19 heavy (non-hydrogen) atoms. The fraction of sp³-hybridized carbons (Fsp3) is 0.933. The highest BCUT2D eigenvalue weighted by Gasteiger charge is 2.38. The number of hydrogen-bond acceptors (Lipinski definition) is 4. The Morgan fingerprint density at radius 2 is 2.00 bits per heavy atom. The van der Waals surface area contributed by atoms with Crippen LogP contribution in [0.4, 0.5) is 0 Å². The van der Waals surface area contributed by atoms with Crippen LogP contribution in [0, 0.1) is 0 Å². The van der Waals surface area contributed by atoms with Gasteiger partial charge in [0.25, 0.3) is 0 Å². The molecular formula is C15H29NO2S. The van der Waals surface area contributed by atoms with E-state index in [9.17, 15) is 4.79 Å². The summed E-state index contributed by atoms with van der Waals surface area (Å²) < 4.78 is 4.95. The van der Waals surface area contributed by atoms with Gasteiger partial charge in [0, 0.05) is 6.04 Å². The molecular weight excluding hydrogens is 258 g/mol. The summed E-state index contributed by atoms with van der Waals surface area (Å²) in [5.74, 6) is 2.37. The van der Waals surface area contributed by atoms with Gasteiger partial charge in [-0.25, -0.2) is 0 Å². The Kier molecular flexibility index (Phi) is 7.84. The van der Waals surface area contributed by atoms with Gasteiger partial charge in [-0.15, -0.1) is 0 Å². The maximum absolute atomic E-state index is 11.9. The van der Waals surface area contributed by atoms with Crippen LogP contribution < -0.4 is 5.32 Å². The summed E-state index contributed by atoms with van der Waals surface area (Å²) in [5, 5.41) is 3.45. The van der Waals surface area contributed by atoms with Crippen LogP contribution in [0.15, 0.2) is 0 Å². The molecule has 0 heterocycles. The molecule has 1 aliphatic rings. The topological polar surface area (TPSA) is 38.3 Å². The standard InChI is InChI=1S/C15H29NO2S/c1-4-5-11-19-12-7-6-10-15(2,14(17)18-3)16-13-8-9-13/h13,16H,4-12H2,1-3H3. The Morgan fingerprint density at radius 3 is 2.58 bits per heavy atom. The van der Waals surface area contributed by atoms with Crippen LogP contribution in [0.5, 0.6) is 0 Å². The third kappa shape index (κ3) is 6.66. The van der Waals surface area contributed by atoms with Crippen molar-refractivity contribution >= 4 is 17.7 Å². The van der Waals surface area contributed by atoms with Gasteiger partial charge in [-0.1, -0.05) is 19.8 Å². The highest BCUT2D eigenvalue weighted by Crippen LogP contribution is 2.26. The predicted octanol–water partition coefficient (Wildman–Crippen LogP) is 3.37. The number of hydrogen-bond donors (Lipinski definition) is 1. The van der Waals surface area contributed by atoms with E-state index in [-0.39, 0.29) is 5.97 Å². The van der Waals surface area contributed by atoms with Gasteiger partial charge < -0.3 is 4.74 Å². The zero-order valence-corrected chi connectivity index (χ0v) is 13.5. The van der Waals surface area contributed by atoms with Crippen LogP contribution in [-0.2, 0) is 9.53 Å². The molecule has 1 atom stereocenters. The SMILES string of the molecule is CCCCSCCCCC(C)(NC1CC1)C(=O)OC. The van der Waals surface area contributed by atoms with E-state index in [0.717, 1.165) is 12.8 Å². The monoisotopic (exact) mass is 287 g/mol. The summed E-state index contributed by atoms with van der Waals surface area (Å²) in [4.78, 5) is 11.9. The van der Waals surface area contributed by atoms with Crippen LogP contribution in [0.25, 0.3) is 0 Å². The maximum atomic E-state index is 11.9. The lowest BCUT2D eigenvalue weighted by Crippen LogP contribution is -2.51. The zero-order valence-electron chi connectivity index (χ0n) is 12.7. The Morgan fingerprint density at radius 1 is 1.32 bits per heavy atom. The van der Waals surface area contributed by atoms with Crippen molar-refractivity contribution in [2.75, 3.05) is 18.6 Å². The van der Waals surface area contributed by atoms with Crippen molar-refractivity contribution in [2.45, 2.75) is 70.4 Å². The van der Waals surface area contributed by atoms with Gasteiger partial charge in [-0.3, -0.25) is 10.1 Å². The van der Waals surface area contributed by atoms with Gasteiger partial charge in [-0.05, 0) is 50.5 Å². The van der Waals surface area contributed by atoms with Crippen molar-refractivity contribution in [1.82, 2.24) is 5.32 Å². The van der Waals surface area contributed by atoms with Crippen molar-refractivity contribution < 1.29 is 9.53 Å². The fourth-order valence-corrected chi connectivity index (χ4v) is 3.27. The van der Waals surface area contributed by atoms with E-state index < -0.39 is 5.54 Å². The number of thioether (sulfide) groups is 1. The molecule has 0 spiro atoms. The second-order valence-electron chi connectivity index (χ2n) is 5.67. The molecule has 1 N–H and O–H groups in total. The highest BCUT2D eigenvalue weighted by molar-refractivity contribution is 7.99. The molecule has 1 saturated carbocycles.